The number of amides is 1. The molecule has 0 fully saturated rings. The Morgan fingerprint density at radius 1 is 1.47 bits per heavy atom. The van der Waals surface area contributed by atoms with Gasteiger partial charge >= 0.3 is 0 Å². The van der Waals surface area contributed by atoms with Crippen LogP contribution in [0.15, 0.2) is 5.38 Å². The second-order valence-electron chi connectivity index (χ2n) is 4.01. The standard InChI is InChI=1S/C12H17NOS/c1-2-7-13-12(14)10-8-15-11-6-4-3-5-9(10)11/h8H,2-7H2,1H3,(H,13,14). The van der Waals surface area contributed by atoms with E-state index in [0.717, 1.165) is 24.9 Å². The number of thiophene rings is 1. The van der Waals surface area contributed by atoms with Crippen LogP contribution in [0.2, 0.25) is 0 Å². The normalized spacial score (nSPS) is 14.7. The summed E-state index contributed by atoms with van der Waals surface area (Å²) in [6, 6.07) is 0. The fourth-order valence-corrected chi connectivity index (χ4v) is 3.14. The number of carbonyl (C=O) groups is 1. The van der Waals surface area contributed by atoms with Gasteiger partial charge in [-0.25, -0.2) is 0 Å². The quantitative estimate of drug-likeness (QED) is 0.838. The first kappa shape index (κ1) is 10.7. The topological polar surface area (TPSA) is 29.1 Å². The lowest BCUT2D eigenvalue weighted by atomic mass is 9.96. The van der Waals surface area contributed by atoms with Crippen molar-refractivity contribution in [3.63, 3.8) is 0 Å². The van der Waals surface area contributed by atoms with Crippen molar-refractivity contribution in [1.29, 1.82) is 0 Å². The summed E-state index contributed by atoms with van der Waals surface area (Å²) in [5, 5.41) is 4.98. The molecule has 1 aliphatic carbocycles. The minimum Gasteiger partial charge on any atom is -0.352 e. The zero-order valence-electron chi connectivity index (χ0n) is 9.14. The molecule has 1 amide bonds. The first-order valence-corrected chi connectivity index (χ1v) is 6.58. The van der Waals surface area contributed by atoms with Gasteiger partial charge < -0.3 is 5.32 Å². The van der Waals surface area contributed by atoms with Crippen molar-refractivity contribution in [2.24, 2.45) is 0 Å². The SMILES string of the molecule is CCCNC(=O)c1csc2c1CCCC2. The van der Waals surface area contributed by atoms with Gasteiger partial charge in [0.25, 0.3) is 5.91 Å². The van der Waals surface area contributed by atoms with Gasteiger partial charge in [-0.1, -0.05) is 6.92 Å². The second-order valence-corrected chi connectivity index (χ2v) is 4.98. The molecule has 0 aromatic carbocycles. The van der Waals surface area contributed by atoms with E-state index in [9.17, 15) is 4.79 Å². The summed E-state index contributed by atoms with van der Waals surface area (Å²) < 4.78 is 0. The molecule has 82 valence electrons. The molecule has 0 radical (unpaired) electrons. The molecule has 15 heavy (non-hydrogen) atoms. The van der Waals surface area contributed by atoms with Gasteiger partial charge in [0.15, 0.2) is 0 Å². The zero-order chi connectivity index (χ0) is 10.7. The molecule has 0 atom stereocenters. The Morgan fingerprint density at radius 2 is 2.27 bits per heavy atom. The highest BCUT2D eigenvalue weighted by Crippen LogP contribution is 2.29. The van der Waals surface area contributed by atoms with Crippen LogP contribution < -0.4 is 5.32 Å². The predicted molar refractivity (Wildman–Crippen MR) is 63.6 cm³/mol. The van der Waals surface area contributed by atoms with Crippen LogP contribution in [0.25, 0.3) is 0 Å². The van der Waals surface area contributed by atoms with E-state index >= 15 is 0 Å². The van der Waals surface area contributed by atoms with Crippen LogP contribution in [0.3, 0.4) is 0 Å². The largest absolute Gasteiger partial charge is 0.352 e. The Balaban J connectivity index is 2.14. The van der Waals surface area contributed by atoms with E-state index in [0.29, 0.717) is 0 Å². The lowest BCUT2D eigenvalue weighted by Crippen LogP contribution is -2.24. The van der Waals surface area contributed by atoms with Crippen LogP contribution >= 0.6 is 11.3 Å². The summed E-state index contributed by atoms with van der Waals surface area (Å²) >= 11 is 1.75. The average molecular weight is 223 g/mol. The van der Waals surface area contributed by atoms with Crippen molar-refractivity contribution < 1.29 is 4.79 Å². The van der Waals surface area contributed by atoms with Crippen LogP contribution in [-0.2, 0) is 12.8 Å². The first-order chi connectivity index (χ1) is 7.33. The van der Waals surface area contributed by atoms with Crippen LogP contribution in [0.5, 0.6) is 0 Å². The van der Waals surface area contributed by atoms with E-state index in [2.05, 4.69) is 12.2 Å². The fourth-order valence-electron chi connectivity index (χ4n) is 2.02. The number of hydrogen-bond donors (Lipinski definition) is 1. The maximum Gasteiger partial charge on any atom is 0.252 e. The molecular formula is C12H17NOS. The molecule has 0 bridgehead atoms. The highest BCUT2D eigenvalue weighted by Gasteiger charge is 2.19. The maximum absolute atomic E-state index is 11.8. The number of aryl methyl sites for hydroxylation is 1. The Bertz CT molecular complexity index is 357. The minimum absolute atomic E-state index is 0.122. The smallest absolute Gasteiger partial charge is 0.252 e. The van der Waals surface area contributed by atoms with Crippen LogP contribution in [0.4, 0.5) is 0 Å². The van der Waals surface area contributed by atoms with Gasteiger partial charge in [0, 0.05) is 16.8 Å². The second kappa shape index (κ2) is 4.79. The van der Waals surface area contributed by atoms with Crippen molar-refractivity contribution in [3.05, 3.63) is 21.4 Å². The monoisotopic (exact) mass is 223 g/mol. The van der Waals surface area contributed by atoms with Crippen molar-refractivity contribution in [1.82, 2.24) is 5.32 Å². The Hall–Kier alpha value is -0.830. The third-order valence-corrected chi connectivity index (χ3v) is 3.93. The highest BCUT2D eigenvalue weighted by atomic mass is 32.1. The van der Waals surface area contributed by atoms with E-state index in [1.54, 1.807) is 11.3 Å². The summed E-state index contributed by atoms with van der Waals surface area (Å²) in [7, 11) is 0. The molecule has 0 spiro atoms. The molecule has 0 saturated carbocycles. The molecule has 1 heterocycles. The number of nitrogens with one attached hydrogen (secondary N) is 1. The number of carbonyl (C=O) groups excluding carboxylic acids is 1. The molecule has 2 nitrogen and oxygen atoms in total. The van der Waals surface area contributed by atoms with Gasteiger partial charge in [0.2, 0.25) is 0 Å². The Kier molecular flexibility index (Phi) is 3.41. The van der Waals surface area contributed by atoms with Crippen LogP contribution in [-0.4, -0.2) is 12.5 Å². The highest BCUT2D eigenvalue weighted by molar-refractivity contribution is 7.10. The average Bonchev–Trinajstić information content (AvgIpc) is 2.69. The molecule has 1 aromatic heterocycles. The molecule has 2 rings (SSSR count). The van der Waals surface area contributed by atoms with E-state index < -0.39 is 0 Å². The summed E-state index contributed by atoms with van der Waals surface area (Å²) in [5.74, 6) is 0.122. The summed E-state index contributed by atoms with van der Waals surface area (Å²) in [6.07, 6.45) is 5.77. The first-order valence-electron chi connectivity index (χ1n) is 5.70. The van der Waals surface area contributed by atoms with E-state index in [-0.39, 0.29) is 5.91 Å². The van der Waals surface area contributed by atoms with Crippen molar-refractivity contribution >= 4 is 17.2 Å². The number of hydrogen-bond acceptors (Lipinski definition) is 2. The molecule has 1 aromatic rings. The Morgan fingerprint density at radius 3 is 3.07 bits per heavy atom. The third-order valence-electron chi connectivity index (χ3n) is 2.84. The van der Waals surface area contributed by atoms with Gasteiger partial charge in [0.05, 0.1) is 5.56 Å². The third kappa shape index (κ3) is 2.23. The van der Waals surface area contributed by atoms with E-state index in [4.69, 9.17) is 0 Å². The molecular weight excluding hydrogens is 206 g/mol. The summed E-state index contributed by atoms with van der Waals surface area (Å²) in [6.45, 7) is 2.85. The van der Waals surface area contributed by atoms with Crippen LogP contribution in [0.1, 0.15) is 47.0 Å². The number of rotatable bonds is 3. The van der Waals surface area contributed by atoms with Gasteiger partial charge in [-0.2, -0.15) is 0 Å². The maximum atomic E-state index is 11.8. The Labute approximate surface area is 94.7 Å². The van der Waals surface area contributed by atoms with Gasteiger partial charge in [-0.15, -0.1) is 11.3 Å². The zero-order valence-corrected chi connectivity index (χ0v) is 9.95. The molecule has 0 aliphatic heterocycles. The lowest BCUT2D eigenvalue weighted by molar-refractivity contribution is 0.0953. The lowest BCUT2D eigenvalue weighted by Gasteiger charge is -2.12. The fraction of sp³-hybridized carbons (Fsp3) is 0.583. The van der Waals surface area contributed by atoms with Gasteiger partial charge in [-0.3, -0.25) is 4.79 Å². The van der Waals surface area contributed by atoms with Crippen molar-refractivity contribution in [2.45, 2.75) is 39.0 Å². The minimum atomic E-state index is 0.122. The summed E-state index contributed by atoms with van der Waals surface area (Å²) in [5.41, 5.74) is 2.25. The molecule has 1 N–H and O–H groups in total. The molecule has 1 aliphatic rings. The van der Waals surface area contributed by atoms with E-state index in [1.165, 1.54) is 29.7 Å². The predicted octanol–water partition coefficient (Wildman–Crippen LogP) is 2.77. The van der Waals surface area contributed by atoms with Crippen molar-refractivity contribution in [2.75, 3.05) is 6.54 Å². The molecule has 0 saturated heterocycles. The van der Waals surface area contributed by atoms with Crippen LogP contribution in [0, 0.1) is 0 Å². The van der Waals surface area contributed by atoms with Crippen molar-refractivity contribution in [3.8, 4) is 0 Å². The van der Waals surface area contributed by atoms with Gasteiger partial charge in [0.1, 0.15) is 0 Å². The van der Waals surface area contributed by atoms with E-state index in [1.807, 2.05) is 5.38 Å². The summed E-state index contributed by atoms with van der Waals surface area (Å²) in [4.78, 5) is 13.3. The van der Waals surface area contributed by atoms with Gasteiger partial charge in [-0.05, 0) is 37.7 Å². The molecule has 0 unspecified atom stereocenters. The number of fused-ring (bicyclic) bond motifs is 1. The molecule has 3 heteroatoms.